The molecule has 10 nitrogen and oxygen atoms in total. The highest BCUT2D eigenvalue weighted by molar-refractivity contribution is 5.65. The number of pyridine rings is 1. The number of rotatable bonds is 4. The van der Waals surface area contributed by atoms with E-state index in [0.29, 0.717) is 25.5 Å². The van der Waals surface area contributed by atoms with Gasteiger partial charge >= 0.3 is 6.09 Å². The van der Waals surface area contributed by atoms with Gasteiger partial charge in [0.25, 0.3) is 0 Å². The Morgan fingerprint density at radius 3 is 2.43 bits per heavy atom. The van der Waals surface area contributed by atoms with Crippen LogP contribution in [0.25, 0.3) is 5.82 Å². The fourth-order valence-electron chi connectivity index (χ4n) is 4.23. The quantitative estimate of drug-likeness (QED) is 0.795. The molecule has 1 unspecified atom stereocenters. The molecule has 2 fully saturated rings. The van der Waals surface area contributed by atoms with Crippen LogP contribution >= 0.6 is 0 Å². The van der Waals surface area contributed by atoms with Gasteiger partial charge < -0.3 is 20.0 Å². The summed E-state index contributed by atoms with van der Waals surface area (Å²) in [5, 5.41) is 30.7. The highest BCUT2D eigenvalue weighted by Gasteiger charge is 2.38. The van der Waals surface area contributed by atoms with E-state index >= 15 is 0 Å². The SMILES string of the molecule is O=C(O)N1CCC2(CCN(CC(O)c3ccc(-n4cnnn4)nc3)CC2)CC1. The Bertz CT molecular complexity index is 778. The smallest absolute Gasteiger partial charge is 0.407 e. The maximum Gasteiger partial charge on any atom is 0.407 e. The van der Waals surface area contributed by atoms with Gasteiger partial charge in [-0.1, -0.05) is 6.07 Å². The summed E-state index contributed by atoms with van der Waals surface area (Å²) in [5.74, 6) is 0.605. The standard InChI is InChI=1S/C18H25N7O3/c26-15(14-1-2-16(19-11-14)25-13-20-21-22-25)12-23-7-3-18(4-8-23)5-9-24(10-6-18)17(27)28/h1-2,11,13,15,26H,3-10,12H2,(H,27,28). The Kier molecular flexibility index (Phi) is 5.23. The monoisotopic (exact) mass is 387 g/mol. The molecule has 2 N–H and O–H groups in total. The van der Waals surface area contributed by atoms with Gasteiger partial charge in [0.1, 0.15) is 6.33 Å². The van der Waals surface area contributed by atoms with Crippen molar-refractivity contribution in [3.8, 4) is 5.82 Å². The van der Waals surface area contributed by atoms with Gasteiger partial charge in [-0.05, 0) is 60.7 Å². The Morgan fingerprint density at radius 1 is 1.14 bits per heavy atom. The molecule has 1 spiro atoms. The predicted octanol–water partition coefficient (Wildman–Crippen LogP) is 0.947. The number of carboxylic acid groups (broad SMARTS) is 1. The minimum absolute atomic E-state index is 0.266. The second-order valence-electron chi connectivity index (χ2n) is 7.79. The number of nitrogens with zero attached hydrogens (tertiary/aromatic N) is 7. The molecule has 0 aliphatic carbocycles. The van der Waals surface area contributed by atoms with Crippen molar-refractivity contribution >= 4 is 6.09 Å². The summed E-state index contributed by atoms with van der Waals surface area (Å²) in [7, 11) is 0. The van der Waals surface area contributed by atoms with Crippen LogP contribution in [0, 0.1) is 5.41 Å². The first-order chi connectivity index (χ1) is 13.5. The van der Waals surface area contributed by atoms with Crippen molar-refractivity contribution in [2.45, 2.75) is 31.8 Å². The van der Waals surface area contributed by atoms with Crippen LogP contribution in [0.15, 0.2) is 24.7 Å². The number of hydrogen-bond donors (Lipinski definition) is 2. The molecular formula is C18H25N7O3. The van der Waals surface area contributed by atoms with Crippen LogP contribution in [-0.4, -0.2) is 84.0 Å². The number of β-amino-alcohol motifs (C(OH)–C–C–N with tert-alkyl or cyclic N) is 1. The van der Waals surface area contributed by atoms with Gasteiger partial charge in [-0.25, -0.2) is 9.78 Å². The fraction of sp³-hybridized carbons (Fsp3) is 0.611. The number of aromatic nitrogens is 5. The first kappa shape index (κ1) is 18.8. The van der Waals surface area contributed by atoms with E-state index in [9.17, 15) is 9.90 Å². The summed E-state index contributed by atoms with van der Waals surface area (Å²) in [4.78, 5) is 19.2. The van der Waals surface area contributed by atoms with E-state index in [-0.39, 0.29) is 5.41 Å². The summed E-state index contributed by atoms with van der Waals surface area (Å²) >= 11 is 0. The van der Waals surface area contributed by atoms with Crippen LogP contribution in [0.1, 0.15) is 37.4 Å². The van der Waals surface area contributed by atoms with Gasteiger partial charge in [0.2, 0.25) is 0 Å². The topological polar surface area (TPSA) is 120 Å². The number of hydrogen-bond acceptors (Lipinski definition) is 7. The van der Waals surface area contributed by atoms with Gasteiger partial charge in [-0.15, -0.1) is 5.10 Å². The number of aliphatic hydroxyl groups is 1. The van der Waals surface area contributed by atoms with Crippen molar-refractivity contribution in [2.24, 2.45) is 5.41 Å². The second-order valence-corrected chi connectivity index (χ2v) is 7.79. The second kappa shape index (κ2) is 7.80. The highest BCUT2D eigenvalue weighted by Crippen LogP contribution is 2.41. The highest BCUT2D eigenvalue weighted by atomic mass is 16.4. The van der Waals surface area contributed by atoms with Crippen LogP contribution < -0.4 is 0 Å². The van der Waals surface area contributed by atoms with Crippen molar-refractivity contribution in [3.63, 3.8) is 0 Å². The summed E-state index contributed by atoms with van der Waals surface area (Å²) < 4.78 is 1.47. The minimum Gasteiger partial charge on any atom is -0.465 e. The van der Waals surface area contributed by atoms with E-state index in [1.807, 2.05) is 6.07 Å². The maximum absolute atomic E-state index is 11.1. The first-order valence-corrected chi connectivity index (χ1v) is 9.62. The Labute approximate surface area is 162 Å². The third kappa shape index (κ3) is 3.97. The molecular weight excluding hydrogens is 362 g/mol. The van der Waals surface area contributed by atoms with Crippen LogP contribution in [0.4, 0.5) is 4.79 Å². The fourth-order valence-corrected chi connectivity index (χ4v) is 4.23. The molecule has 150 valence electrons. The summed E-state index contributed by atoms with van der Waals surface area (Å²) in [6.45, 7) is 3.71. The van der Waals surface area contributed by atoms with Gasteiger partial charge in [-0.2, -0.15) is 4.68 Å². The largest absolute Gasteiger partial charge is 0.465 e. The number of carbonyl (C=O) groups is 1. The third-order valence-electron chi connectivity index (χ3n) is 6.18. The van der Waals surface area contributed by atoms with Gasteiger partial charge in [0.05, 0.1) is 6.10 Å². The zero-order chi connectivity index (χ0) is 19.6. The lowest BCUT2D eigenvalue weighted by Gasteiger charge is -2.46. The molecule has 0 radical (unpaired) electrons. The lowest BCUT2D eigenvalue weighted by Crippen LogP contribution is -2.48. The molecule has 10 heteroatoms. The van der Waals surface area contributed by atoms with E-state index in [4.69, 9.17) is 5.11 Å². The average Bonchev–Trinajstić information content (AvgIpc) is 3.25. The van der Waals surface area contributed by atoms with Gasteiger partial charge in [0.15, 0.2) is 5.82 Å². The predicted molar refractivity (Wildman–Crippen MR) is 98.8 cm³/mol. The molecule has 0 saturated carbocycles. The first-order valence-electron chi connectivity index (χ1n) is 9.62. The lowest BCUT2D eigenvalue weighted by molar-refractivity contribution is 0.0195. The molecule has 4 heterocycles. The van der Waals surface area contributed by atoms with Crippen molar-refractivity contribution < 1.29 is 15.0 Å². The Balaban J connectivity index is 1.28. The Hall–Kier alpha value is -2.59. The molecule has 1 atom stereocenters. The number of tetrazole rings is 1. The zero-order valence-corrected chi connectivity index (χ0v) is 15.7. The molecule has 0 bridgehead atoms. The van der Waals surface area contributed by atoms with E-state index in [2.05, 4.69) is 25.4 Å². The van der Waals surface area contributed by atoms with Crippen molar-refractivity contribution in [1.29, 1.82) is 0 Å². The molecule has 2 aliphatic heterocycles. The average molecular weight is 387 g/mol. The van der Waals surface area contributed by atoms with Gasteiger partial charge in [-0.3, -0.25) is 0 Å². The van der Waals surface area contributed by atoms with E-state index in [1.165, 1.54) is 15.9 Å². The summed E-state index contributed by atoms with van der Waals surface area (Å²) in [5.41, 5.74) is 1.04. The lowest BCUT2D eigenvalue weighted by atomic mass is 9.71. The number of likely N-dealkylation sites (tertiary alicyclic amines) is 2. The molecule has 2 aliphatic rings. The molecule has 2 aromatic heterocycles. The molecule has 2 saturated heterocycles. The van der Waals surface area contributed by atoms with Crippen LogP contribution in [0.3, 0.4) is 0 Å². The number of aliphatic hydroxyl groups excluding tert-OH is 1. The van der Waals surface area contributed by atoms with Crippen molar-refractivity contribution in [2.75, 3.05) is 32.7 Å². The number of piperidine rings is 2. The summed E-state index contributed by atoms with van der Waals surface area (Å²) in [6.07, 6.45) is 5.73. The van der Waals surface area contributed by atoms with Crippen LogP contribution in [0.5, 0.6) is 0 Å². The normalized spacial score (nSPS) is 21.0. The van der Waals surface area contributed by atoms with Crippen molar-refractivity contribution in [1.82, 2.24) is 35.0 Å². The Morgan fingerprint density at radius 2 is 1.86 bits per heavy atom. The van der Waals surface area contributed by atoms with Crippen LogP contribution in [0.2, 0.25) is 0 Å². The van der Waals surface area contributed by atoms with E-state index < -0.39 is 12.2 Å². The summed E-state index contributed by atoms with van der Waals surface area (Å²) in [6, 6.07) is 3.64. The van der Waals surface area contributed by atoms with E-state index in [1.54, 1.807) is 12.3 Å². The van der Waals surface area contributed by atoms with Gasteiger partial charge in [0, 0.05) is 31.4 Å². The minimum atomic E-state index is -0.810. The molecule has 28 heavy (non-hydrogen) atoms. The molecule has 1 amide bonds. The van der Waals surface area contributed by atoms with E-state index in [0.717, 1.165) is 44.3 Å². The van der Waals surface area contributed by atoms with Crippen LogP contribution in [-0.2, 0) is 0 Å². The van der Waals surface area contributed by atoms with Crippen molar-refractivity contribution in [3.05, 3.63) is 30.2 Å². The number of amides is 1. The maximum atomic E-state index is 11.1. The molecule has 0 aromatic carbocycles. The third-order valence-corrected chi connectivity index (χ3v) is 6.18. The zero-order valence-electron chi connectivity index (χ0n) is 15.7. The molecule has 4 rings (SSSR count). The molecule has 2 aromatic rings.